The summed E-state index contributed by atoms with van der Waals surface area (Å²) in [5.74, 6) is -2.19. The highest BCUT2D eigenvalue weighted by Crippen LogP contribution is 2.26. The van der Waals surface area contributed by atoms with Gasteiger partial charge in [0.15, 0.2) is 11.6 Å². The van der Waals surface area contributed by atoms with Crippen LogP contribution in [-0.4, -0.2) is 7.05 Å². The molecule has 100 valence electrons. The summed E-state index contributed by atoms with van der Waals surface area (Å²) in [6.07, 6.45) is 0. The van der Waals surface area contributed by atoms with Gasteiger partial charge in [0.1, 0.15) is 5.82 Å². The first-order valence-electron chi connectivity index (χ1n) is 5.92. The Morgan fingerprint density at radius 1 is 1.00 bits per heavy atom. The number of halogens is 3. The molecule has 0 aliphatic carbocycles. The summed E-state index contributed by atoms with van der Waals surface area (Å²) < 4.78 is 40.6. The van der Waals surface area contributed by atoms with Crippen molar-refractivity contribution in [3.8, 4) is 0 Å². The molecule has 0 spiro atoms. The van der Waals surface area contributed by atoms with Gasteiger partial charge in [-0.05, 0) is 37.2 Å². The lowest BCUT2D eigenvalue weighted by Crippen LogP contribution is -2.19. The largest absolute Gasteiger partial charge is 0.309 e. The molecule has 0 fully saturated rings. The molecule has 4 heteroatoms. The van der Waals surface area contributed by atoms with Crippen LogP contribution in [0.1, 0.15) is 22.7 Å². The molecule has 0 aliphatic heterocycles. The third-order valence-corrected chi connectivity index (χ3v) is 3.11. The number of aryl methyl sites for hydroxylation is 1. The predicted molar refractivity (Wildman–Crippen MR) is 68.4 cm³/mol. The maximum atomic E-state index is 13.8. The number of hydrogen-bond donors (Lipinski definition) is 1. The van der Waals surface area contributed by atoms with Gasteiger partial charge in [-0.1, -0.05) is 24.3 Å². The minimum Gasteiger partial charge on any atom is -0.309 e. The van der Waals surface area contributed by atoms with E-state index in [1.807, 2.05) is 0 Å². The lowest BCUT2D eigenvalue weighted by Gasteiger charge is -2.18. The molecule has 19 heavy (non-hydrogen) atoms. The van der Waals surface area contributed by atoms with Crippen LogP contribution in [0.4, 0.5) is 13.2 Å². The van der Waals surface area contributed by atoms with Crippen LogP contribution in [0, 0.1) is 24.4 Å². The summed E-state index contributed by atoms with van der Waals surface area (Å²) in [6.45, 7) is 1.65. The summed E-state index contributed by atoms with van der Waals surface area (Å²) >= 11 is 0. The lowest BCUT2D eigenvalue weighted by molar-refractivity contribution is 0.487. The maximum Gasteiger partial charge on any atom is 0.163 e. The summed E-state index contributed by atoms with van der Waals surface area (Å²) in [6, 6.07) is 8.03. The zero-order valence-electron chi connectivity index (χ0n) is 10.7. The maximum absolute atomic E-state index is 13.8. The Labute approximate surface area is 110 Å². The first kappa shape index (κ1) is 13.6. The van der Waals surface area contributed by atoms with E-state index in [4.69, 9.17) is 0 Å². The summed E-state index contributed by atoms with van der Waals surface area (Å²) in [4.78, 5) is 0. The molecule has 0 radical (unpaired) electrons. The van der Waals surface area contributed by atoms with Crippen molar-refractivity contribution in [1.82, 2.24) is 5.32 Å². The van der Waals surface area contributed by atoms with E-state index in [-0.39, 0.29) is 11.4 Å². The Morgan fingerprint density at radius 3 is 2.37 bits per heavy atom. The minimum atomic E-state index is -0.914. The second-order valence-electron chi connectivity index (χ2n) is 4.37. The molecular formula is C15H14F3N. The average Bonchev–Trinajstić information content (AvgIpc) is 2.39. The Hall–Kier alpha value is -1.81. The molecule has 2 aromatic rings. The average molecular weight is 265 g/mol. The van der Waals surface area contributed by atoms with Gasteiger partial charge < -0.3 is 5.32 Å². The third-order valence-electron chi connectivity index (χ3n) is 3.11. The molecule has 0 heterocycles. The van der Waals surface area contributed by atoms with Gasteiger partial charge in [-0.3, -0.25) is 0 Å². The fourth-order valence-corrected chi connectivity index (χ4v) is 2.03. The summed E-state index contributed by atoms with van der Waals surface area (Å²) in [7, 11) is 1.62. The van der Waals surface area contributed by atoms with Crippen molar-refractivity contribution >= 4 is 0 Å². The van der Waals surface area contributed by atoms with Crippen LogP contribution in [0.3, 0.4) is 0 Å². The zero-order chi connectivity index (χ0) is 14.0. The highest BCUT2D eigenvalue weighted by molar-refractivity contribution is 5.35. The van der Waals surface area contributed by atoms with Crippen molar-refractivity contribution in [2.24, 2.45) is 0 Å². The van der Waals surface area contributed by atoms with Crippen LogP contribution in [-0.2, 0) is 0 Å². The van der Waals surface area contributed by atoms with Crippen molar-refractivity contribution in [2.45, 2.75) is 13.0 Å². The van der Waals surface area contributed by atoms with Crippen molar-refractivity contribution in [3.05, 3.63) is 70.5 Å². The van der Waals surface area contributed by atoms with E-state index in [2.05, 4.69) is 5.32 Å². The van der Waals surface area contributed by atoms with Crippen molar-refractivity contribution in [3.63, 3.8) is 0 Å². The molecule has 1 atom stereocenters. The third kappa shape index (κ3) is 2.63. The molecule has 0 saturated carbocycles. The van der Waals surface area contributed by atoms with E-state index in [9.17, 15) is 13.2 Å². The lowest BCUT2D eigenvalue weighted by atomic mass is 9.97. The van der Waals surface area contributed by atoms with Crippen LogP contribution < -0.4 is 5.32 Å². The molecule has 1 N–H and O–H groups in total. The van der Waals surface area contributed by atoms with Crippen LogP contribution in [0.2, 0.25) is 0 Å². The quantitative estimate of drug-likeness (QED) is 0.891. The van der Waals surface area contributed by atoms with E-state index in [1.165, 1.54) is 18.2 Å². The zero-order valence-corrected chi connectivity index (χ0v) is 10.7. The SMILES string of the molecule is CNC(c1ccc(C)c(F)c1)c1cccc(F)c1F. The first-order valence-corrected chi connectivity index (χ1v) is 5.92. The number of rotatable bonds is 3. The van der Waals surface area contributed by atoms with E-state index in [0.717, 1.165) is 6.07 Å². The monoisotopic (exact) mass is 265 g/mol. The van der Waals surface area contributed by atoms with Gasteiger partial charge in [0, 0.05) is 5.56 Å². The van der Waals surface area contributed by atoms with Gasteiger partial charge in [-0.2, -0.15) is 0 Å². The van der Waals surface area contributed by atoms with E-state index >= 15 is 0 Å². The van der Waals surface area contributed by atoms with Crippen molar-refractivity contribution in [2.75, 3.05) is 7.05 Å². The topological polar surface area (TPSA) is 12.0 Å². The highest BCUT2D eigenvalue weighted by Gasteiger charge is 2.19. The van der Waals surface area contributed by atoms with Crippen LogP contribution in [0.15, 0.2) is 36.4 Å². The standard InChI is InChI=1S/C15H14F3N/c1-9-6-7-10(8-13(9)17)15(19-2)11-4-3-5-12(16)14(11)18/h3-8,15,19H,1-2H3. The predicted octanol–water partition coefficient (Wildman–Crippen LogP) is 3.72. The van der Waals surface area contributed by atoms with Gasteiger partial charge in [-0.25, -0.2) is 13.2 Å². The minimum absolute atomic E-state index is 0.158. The molecule has 2 rings (SSSR count). The first-order chi connectivity index (χ1) is 9.04. The van der Waals surface area contributed by atoms with Gasteiger partial charge in [0.25, 0.3) is 0 Å². The van der Waals surface area contributed by atoms with Gasteiger partial charge in [0.2, 0.25) is 0 Å². The molecule has 0 amide bonds. The Morgan fingerprint density at radius 2 is 1.74 bits per heavy atom. The Bertz CT molecular complexity index is 596. The molecule has 1 nitrogen and oxygen atoms in total. The summed E-state index contributed by atoms with van der Waals surface area (Å²) in [5.41, 5.74) is 1.22. The second-order valence-corrected chi connectivity index (χ2v) is 4.37. The smallest absolute Gasteiger partial charge is 0.163 e. The number of nitrogens with one attached hydrogen (secondary N) is 1. The Balaban J connectivity index is 2.50. The fraction of sp³-hybridized carbons (Fsp3) is 0.200. The van der Waals surface area contributed by atoms with Crippen LogP contribution >= 0.6 is 0 Å². The van der Waals surface area contributed by atoms with E-state index < -0.39 is 17.7 Å². The number of hydrogen-bond acceptors (Lipinski definition) is 1. The van der Waals surface area contributed by atoms with Gasteiger partial charge in [-0.15, -0.1) is 0 Å². The fourth-order valence-electron chi connectivity index (χ4n) is 2.03. The van der Waals surface area contributed by atoms with Crippen molar-refractivity contribution < 1.29 is 13.2 Å². The summed E-state index contributed by atoms with van der Waals surface area (Å²) in [5, 5.41) is 2.88. The Kier molecular flexibility index (Phi) is 3.90. The van der Waals surface area contributed by atoms with Crippen molar-refractivity contribution in [1.29, 1.82) is 0 Å². The van der Waals surface area contributed by atoms with Gasteiger partial charge in [0.05, 0.1) is 6.04 Å². The molecule has 0 bridgehead atoms. The van der Waals surface area contributed by atoms with Crippen LogP contribution in [0.5, 0.6) is 0 Å². The molecule has 2 aromatic carbocycles. The van der Waals surface area contributed by atoms with E-state index in [0.29, 0.717) is 11.1 Å². The number of benzene rings is 2. The second kappa shape index (κ2) is 5.45. The molecule has 0 saturated heterocycles. The molecular weight excluding hydrogens is 251 g/mol. The molecule has 0 aromatic heterocycles. The highest BCUT2D eigenvalue weighted by atomic mass is 19.2. The molecule has 0 aliphatic rings. The van der Waals surface area contributed by atoms with E-state index in [1.54, 1.807) is 26.1 Å². The van der Waals surface area contributed by atoms with Gasteiger partial charge >= 0.3 is 0 Å². The normalized spacial score (nSPS) is 12.5. The molecule has 1 unspecified atom stereocenters. The van der Waals surface area contributed by atoms with Crippen LogP contribution in [0.25, 0.3) is 0 Å².